The molecule has 20 heavy (non-hydrogen) atoms. The van der Waals surface area contributed by atoms with Gasteiger partial charge in [-0.25, -0.2) is 0 Å². The van der Waals surface area contributed by atoms with Crippen molar-refractivity contribution in [3.05, 3.63) is 0 Å². The van der Waals surface area contributed by atoms with E-state index in [0.29, 0.717) is 18.8 Å². The van der Waals surface area contributed by atoms with Crippen molar-refractivity contribution >= 4 is 24.2 Å². The number of amides is 2. The molecule has 2 amide bonds. The number of likely N-dealkylation sites (tertiary alicyclic amines) is 1. The Balaban J connectivity index is 0.00000200. The average molecular weight is 304 g/mol. The summed E-state index contributed by atoms with van der Waals surface area (Å²) in [7, 11) is 0. The van der Waals surface area contributed by atoms with Crippen LogP contribution in [0, 0.1) is 5.92 Å². The maximum atomic E-state index is 12.2. The number of nitrogens with zero attached hydrogens (tertiary/aromatic N) is 1. The van der Waals surface area contributed by atoms with E-state index in [2.05, 4.69) is 10.6 Å². The predicted octanol–water partition coefficient (Wildman–Crippen LogP) is 0.925. The molecule has 2 aliphatic rings. The van der Waals surface area contributed by atoms with E-state index in [1.807, 2.05) is 6.92 Å². The fourth-order valence-electron chi connectivity index (χ4n) is 3.01. The zero-order chi connectivity index (χ0) is 13.7. The second-order valence-electron chi connectivity index (χ2n) is 5.57. The van der Waals surface area contributed by atoms with E-state index < -0.39 is 0 Å². The third-order valence-corrected chi connectivity index (χ3v) is 4.14. The average Bonchev–Trinajstić information content (AvgIpc) is 2.85. The molecule has 2 saturated heterocycles. The minimum Gasteiger partial charge on any atom is -0.354 e. The smallest absolute Gasteiger partial charge is 0.242 e. The van der Waals surface area contributed by atoms with Crippen LogP contribution in [-0.2, 0) is 9.59 Å². The molecule has 2 aliphatic heterocycles. The summed E-state index contributed by atoms with van der Waals surface area (Å²) in [5, 5.41) is 6.38. The normalized spacial score (nSPS) is 24.1. The van der Waals surface area contributed by atoms with Gasteiger partial charge in [-0.1, -0.05) is 6.92 Å². The lowest BCUT2D eigenvalue weighted by atomic mass is 9.99. The first kappa shape index (κ1) is 17.2. The summed E-state index contributed by atoms with van der Waals surface area (Å²) < 4.78 is 0. The van der Waals surface area contributed by atoms with Crippen LogP contribution in [-0.4, -0.2) is 48.9 Å². The van der Waals surface area contributed by atoms with E-state index in [-0.39, 0.29) is 30.3 Å². The minimum atomic E-state index is -0.272. The van der Waals surface area contributed by atoms with E-state index in [9.17, 15) is 9.59 Å². The molecule has 2 atom stereocenters. The molecule has 0 spiro atoms. The van der Waals surface area contributed by atoms with Crippen molar-refractivity contribution in [2.24, 2.45) is 5.92 Å². The summed E-state index contributed by atoms with van der Waals surface area (Å²) in [6.45, 7) is 5.50. The fourth-order valence-corrected chi connectivity index (χ4v) is 3.01. The number of carbonyl (C=O) groups excluding carboxylic acids is 2. The van der Waals surface area contributed by atoms with Gasteiger partial charge < -0.3 is 15.5 Å². The highest BCUT2D eigenvalue weighted by atomic mass is 35.5. The van der Waals surface area contributed by atoms with Crippen molar-refractivity contribution in [3.8, 4) is 0 Å². The van der Waals surface area contributed by atoms with Gasteiger partial charge in [0.1, 0.15) is 6.04 Å². The maximum absolute atomic E-state index is 12.2. The summed E-state index contributed by atoms with van der Waals surface area (Å²) in [6, 6.07) is -0.272. The summed E-state index contributed by atoms with van der Waals surface area (Å²) in [5.74, 6) is 0.675. The first-order valence-corrected chi connectivity index (χ1v) is 7.50. The highest BCUT2D eigenvalue weighted by molar-refractivity contribution is 5.88. The summed E-state index contributed by atoms with van der Waals surface area (Å²) in [5.41, 5.74) is 0. The maximum Gasteiger partial charge on any atom is 0.242 e. The van der Waals surface area contributed by atoms with Gasteiger partial charge in [0.05, 0.1) is 0 Å². The molecule has 116 valence electrons. The van der Waals surface area contributed by atoms with Crippen LogP contribution in [0.4, 0.5) is 0 Å². The number of halogens is 1. The van der Waals surface area contributed by atoms with Crippen LogP contribution in [0.5, 0.6) is 0 Å². The van der Waals surface area contributed by atoms with Crippen LogP contribution in [0.1, 0.15) is 39.0 Å². The van der Waals surface area contributed by atoms with E-state index >= 15 is 0 Å². The quantitative estimate of drug-likeness (QED) is 0.794. The highest BCUT2D eigenvalue weighted by Gasteiger charge is 2.31. The van der Waals surface area contributed by atoms with Crippen LogP contribution >= 0.6 is 12.4 Å². The third-order valence-electron chi connectivity index (χ3n) is 4.14. The van der Waals surface area contributed by atoms with Gasteiger partial charge in [0.2, 0.25) is 11.8 Å². The Labute approximate surface area is 127 Å². The number of carbonyl (C=O) groups is 2. The van der Waals surface area contributed by atoms with Crippen molar-refractivity contribution in [1.29, 1.82) is 0 Å². The Kier molecular flexibility index (Phi) is 7.30. The fraction of sp³-hybridized carbons (Fsp3) is 0.857. The summed E-state index contributed by atoms with van der Waals surface area (Å²) >= 11 is 0. The minimum absolute atomic E-state index is 0. The van der Waals surface area contributed by atoms with Gasteiger partial charge in [-0.15, -0.1) is 12.4 Å². The van der Waals surface area contributed by atoms with Gasteiger partial charge >= 0.3 is 0 Å². The molecule has 0 aliphatic carbocycles. The summed E-state index contributed by atoms with van der Waals surface area (Å²) in [6.07, 6.45) is 4.53. The Bertz CT molecular complexity index is 332. The number of hydrogen-bond acceptors (Lipinski definition) is 3. The van der Waals surface area contributed by atoms with Crippen LogP contribution in [0.3, 0.4) is 0 Å². The molecular formula is C14H26ClN3O2. The van der Waals surface area contributed by atoms with Crippen LogP contribution in [0.2, 0.25) is 0 Å². The molecule has 0 saturated carbocycles. The van der Waals surface area contributed by atoms with Gasteiger partial charge in [-0.05, 0) is 44.7 Å². The molecular weight excluding hydrogens is 278 g/mol. The predicted molar refractivity (Wildman–Crippen MR) is 80.9 cm³/mol. The van der Waals surface area contributed by atoms with E-state index in [4.69, 9.17) is 0 Å². The van der Waals surface area contributed by atoms with Crippen molar-refractivity contribution in [1.82, 2.24) is 15.5 Å². The first-order valence-electron chi connectivity index (χ1n) is 7.50. The van der Waals surface area contributed by atoms with Gasteiger partial charge in [0.15, 0.2) is 0 Å². The topological polar surface area (TPSA) is 61.4 Å². The SMILES string of the molecule is CCC(C(=O)NCC1CCCNC1)N1CCCC1=O.Cl. The van der Waals surface area contributed by atoms with E-state index in [1.165, 1.54) is 12.8 Å². The zero-order valence-electron chi connectivity index (χ0n) is 12.2. The van der Waals surface area contributed by atoms with Crippen LogP contribution < -0.4 is 10.6 Å². The molecule has 2 fully saturated rings. The molecule has 0 aromatic heterocycles. The Morgan fingerprint density at radius 1 is 1.50 bits per heavy atom. The zero-order valence-corrected chi connectivity index (χ0v) is 13.0. The van der Waals surface area contributed by atoms with Crippen molar-refractivity contribution in [3.63, 3.8) is 0 Å². The lowest BCUT2D eigenvalue weighted by molar-refractivity contribution is -0.137. The lowest BCUT2D eigenvalue weighted by Crippen LogP contribution is -2.49. The van der Waals surface area contributed by atoms with E-state index in [1.54, 1.807) is 4.90 Å². The standard InChI is InChI=1S/C14H25N3O2.ClH/c1-2-12(17-8-4-6-13(17)18)14(19)16-10-11-5-3-7-15-9-11;/h11-12,15H,2-10H2,1H3,(H,16,19);1H. The molecule has 0 aromatic rings. The number of piperidine rings is 1. The van der Waals surface area contributed by atoms with Crippen LogP contribution in [0.25, 0.3) is 0 Å². The number of nitrogens with one attached hydrogen (secondary N) is 2. The molecule has 2 unspecified atom stereocenters. The molecule has 5 nitrogen and oxygen atoms in total. The Hall–Kier alpha value is -0.810. The monoisotopic (exact) mass is 303 g/mol. The molecule has 2 heterocycles. The van der Waals surface area contributed by atoms with Crippen molar-refractivity contribution in [2.45, 2.75) is 45.1 Å². The molecule has 0 bridgehead atoms. The first-order chi connectivity index (χ1) is 9.22. The van der Waals surface area contributed by atoms with Gasteiger partial charge in [0, 0.05) is 19.5 Å². The summed E-state index contributed by atoms with van der Waals surface area (Å²) in [4.78, 5) is 25.7. The van der Waals surface area contributed by atoms with Gasteiger partial charge in [-0.3, -0.25) is 9.59 Å². The number of rotatable bonds is 5. The Morgan fingerprint density at radius 2 is 2.30 bits per heavy atom. The Morgan fingerprint density at radius 3 is 2.85 bits per heavy atom. The molecule has 0 aromatic carbocycles. The van der Waals surface area contributed by atoms with Gasteiger partial charge in [0.25, 0.3) is 0 Å². The second-order valence-corrected chi connectivity index (χ2v) is 5.57. The number of hydrogen-bond donors (Lipinski definition) is 2. The molecule has 0 radical (unpaired) electrons. The van der Waals surface area contributed by atoms with Gasteiger partial charge in [-0.2, -0.15) is 0 Å². The third kappa shape index (κ3) is 4.35. The largest absolute Gasteiger partial charge is 0.354 e. The van der Waals surface area contributed by atoms with E-state index in [0.717, 1.165) is 32.6 Å². The highest BCUT2D eigenvalue weighted by Crippen LogP contribution is 2.16. The molecule has 6 heteroatoms. The van der Waals surface area contributed by atoms with Crippen LogP contribution in [0.15, 0.2) is 0 Å². The molecule has 2 rings (SSSR count). The van der Waals surface area contributed by atoms with Crippen molar-refractivity contribution in [2.75, 3.05) is 26.2 Å². The van der Waals surface area contributed by atoms with Crippen molar-refractivity contribution < 1.29 is 9.59 Å². The second kappa shape index (κ2) is 8.47. The lowest BCUT2D eigenvalue weighted by Gasteiger charge is -2.28. The molecule has 2 N–H and O–H groups in total.